The Balaban J connectivity index is 1.98. The molecule has 0 bridgehead atoms. The molecule has 2 rings (SSSR count). The first-order valence-corrected chi connectivity index (χ1v) is 7.34. The number of carbonyl (C=O) groups is 1. The molecule has 1 aliphatic rings. The first kappa shape index (κ1) is 14.1. The van der Waals surface area contributed by atoms with Crippen LogP contribution in [0.15, 0.2) is 6.07 Å². The fraction of sp³-hybridized carbons (Fsp3) is 0.533. The normalized spacial score (nSPS) is 15.5. The highest BCUT2D eigenvalue weighted by Crippen LogP contribution is 2.44. The quantitative estimate of drug-likeness (QED) is 0.830. The van der Waals surface area contributed by atoms with Crippen molar-refractivity contribution in [3.8, 4) is 11.8 Å². The smallest absolute Gasteiger partial charge is 0.261 e. The molecule has 0 spiro atoms. The molecule has 1 fully saturated rings. The highest BCUT2D eigenvalue weighted by molar-refractivity contribution is 7.14. The number of amides is 1. The number of rotatable bonds is 4. The fourth-order valence-corrected chi connectivity index (χ4v) is 2.65. The summed E-state index contributed by atoms with van der Waals surface area (Å²) in [7, 11) is 0. The molecule has 0 atom stereocenters. The van der Waals surface area contributed by atoms with E-state index in [1.165, 1.54) is 24.2 Å². The second-order valence-corrected chi connectivity index (χ2v) is 6.44. The molecule has 0 aliphatic heterocycles. The minimum absolute atomic E-state index is 0.00330. The van der Waals surface area contributed by atoms with E-state index >= 15 is 0 Å². The predicted molar refractivity (Wildman–Crippen MR) is 77.3 cm³/mol. The molecule has 1 heterocycles. The van der Waals surface area contributed by atoms with Gasteiger partial charge in [0.15, 0.2) is 0 Å². The van der Waals surface area contributed by atoms with Crippen molar-refractivity contribution in [3.63, 3.8) is 0 Å². The van der Waals surface area contributed by atoms with Gasteiger partial charge in [0.1, 0.15) is 0 Å². The molecule has 0 saturated heterocycles. The number of hydrogen-bond donors (Lipinski definition) is 2. The summed E-state index contributed by atoms with van der Waals surface area (Å²) in [6, 6.07) is 1.89. The van der Waals surface area contributed by atoms with Crippen molar-refractivity contribution in [1.29, 1.82) is 0 Å². The maximum atomic E-state index is 12.0. The molecule has 4 heteroatoms. The second kappa shape index (κ2) is 5.77. The minimum atomic E-state index is -0.00330. The highest BCUT2D eigenvalue weighted by atomic mass is 32.1. The number of carbonyl (C=O) groups excluding carboxylic acids is 1. The van der Waals surface area contributed by atoms with E-state index in [1.54, 1.807) is 0 Å². The molecule has 1 aliphatic carbocycles. The highest BCUT2D eigenvalue weighted by Gasteiger charge is 2.37. The Labute approximate surface area is 118 Å². The monoisotopic (exact) mass is 277 g/mol. The summed E-state index contributed by atoms with van der Waals surface area (Å²) in [5, 5.41) is 11.7. The third-order valence-electron chi connectivity index (χ3n) is 3.36. The summed E-state index contributed by atoms with van der Waals surface area (Å²) in [5.41, 5.74) is 1.35. The molecule has 0 unspecified atom stereocenters. The van der Waals surface area contributed by atoms with Crippen LogP contribution in [0.25, 0.3) is 0 Å². The van der Waals surface area contributed by atoms with E-state index in [0.717, 1.165) is 21.9 Å². The van der Waals surface area contributed by atoms with Gasteiger partial charge in [-0.1, -0.05) is 18.8 Å². The van der Waals surface area contributed by atoms with Crippen LogP contribution in [0.4, 0.5) is 0 Å². The third kappa shape index (κ3) is 3.82. The van der Waals surface area contributed by atoms with Crippen LogP contribution < -0.4 is 5.32 Å². The van der Waals surface area contributed by atoms with E-state index in [9.17, 15) is 4.79 Å². The van der Waals surface area contributed by atoms with Gasteiger partial charge in [0, 0.05) is 13.0 Å². The zero-order valence-corrected chi connectivity index (χ0v) is 12.2. The van der Waals surface area contributed by atoms with Crippen LogP contribution in [0.3, 0.4) is 0 Å². The Morgan fingerprint density at radius 2 is 2.32 bits per heavy atom. The van der Waals surface area contributed by atoms with Crippen LogP contribution in [-0.2, 0) is 0 Å². The summed E-state index contributed by atoms with van der Waals surface area (Å²) in [4.78, 5) is 13.7. The summed E-state index contributed by atoms with van der Waals surface area (Å²) >= 11 is 1.42. The summed E-state index contributed by atoms with van der Waals surface area (Å²) in [5.74, 6) is 5.89. The minimum Gasteiger partial charge on any atom is -0.395 e. The maximum Gasteiger partial charge on any atom is 0.261 e. The largest absolute Gasteiger partial charge is 0.395 e. The van der Waals surface area contributed by atoms with Crippen molar-refractivity contribution < 1.29 is 9.90 Å². The van der Waals surface area contributed by atoms with Crippen molar-refractivity contribution >= 4 is 17.2 Å². The van der Waals surface area contributed by atoms with E-state index in [-0.39, 0.29) is 12.5 Å². The van der Waals surface area contributed by atoms with Gasteiger partial charge in [-0.2, -0.15) is 0 Å². The molecule has 19 heavy (non-hydrogen) atoms. The van der Waals surface area contributed by atoms with Crippen LogP contribution in [0.1, 0.15) is 46.3 Å². The lowest BCUT2D eigenvalue weighted by Gasteiger charge is -2.08. The van der Waals surface area contributed by atoms with Crippen LogP contribution in [0.5, 0.6) is 0 Å². The number of aryl methyl sites for hydroxylation is 1. The topological polar surface area (TPSA) is 49.3 Å². The summed E-state index contributed by atoms with van der Waals surface area (Å²) in [6.45, 7) is 4.98. The zero-order valence-electron chi connectivity index (χ0n) is 11.4. The van der Waals surface area contributed by atoms with E-state index in [0.29, 0.717) is 11.8 Å². The molecule has 1 aromatic heterocycles. The van der Waals surface area contributed by atoms with Gasteiger partial charge < -0.3 is 10.4 Å². The van der Waals surface area contributed by atoms with Crippen molar-refractivity contribution in [2.75, 3.05) is 13.2 Å². The molecule has 1 saturated carbocycles. The van der Waals surface area contributed by atoms with Crippen molar-refractivity contribution in [1.82, 2.24) is 5.32 Å². The molecule has 1 aromatic rings. The zero-order chi connectivity index (χ0) is 13.9. The first-order chi connectivity index (χ1) is 9.04. The van der Waals surface area contributed by atoms with Crippen LogP contribution >= 0.6 is 11.3 Å². The average molecular weight is 277 g/mol. The Hall–Kier alpha value is -1.31. The molecule has 3 nitrogen and oxygen atoms in total. The Kier molecular flexibility index (Phi) is 4.28. The van der Waals surface area contributed by atoms with E-state index in [4.69, 9.17) is 5.11 Å². The Morgan fingerprint density at radius 3 is 2.95 bits per heavy atom. The maximum absolute atomic E-state index is 12.0. The van der Waals surface area contributed by atoms with E-state index in [2.05, 4.69) is 24.1 Å². The van der Waals surface area contributed by atoms with Gasteiger partial charge in [-0.05, 0) is 36.8 Å². The van der Waals surface area contributed by atoms with Gasteiger partial charge in [-0.15, -0.1) is 11.3 Å². The Morgan fingerprint density at radius 1 is 1.58 bits per heavy atom. The number of aliphatic hydroxyl groups excluding tert-OH is 1. The van der Waals surface area contributed by atoms with Gasteiger partial charge in [-0.25, -0.2) is 0 Å². The molecule has 102 valence electrons. The molecule has 2 N–H and O–H groups in total. The van der Waals surface area contributed by atoms with Gasteiger partial charge in [0.2, 0.25) is 0 Å². The lowest BCUT2D eigenvalue weighted by atomic mass is 10.1. The number of thiophene rings is 1. The molecular formula is C15H19NO2S. The van der Waals surface area contributed by atoms with Gasteiger partial charge >= 0.3 is 0 Å². The van der Waals surface area contributed by atoms with Crippen molar-refractivity contribution in [2.24, 2.45) is 5.41 Å². The number of aliphatic hydroxyl groups is 1. The Bertz CT molecular complexity index is 532. The van der Waals surface area contributed by atoms with Gasteiger partial charge in [-0.3, -0.25) is 4.79 Å². The fourth-order valence-electron chi connectivity index (χ4n) is 1.69. The van der Waals surface area contributed by atoms with Gasteiger partial charge in [0.25, 0.3) is 5.91 Å². The van der Waals surface area contributed by atoms with Crippen molar-refractivity contribution in [3.05, 3.63) is 21.4 Å². The number of hydrogen-bond acceptors (Lipinski definition) is 3. The molecule has 1 amide bonds. The van der Waals surface area contributed by atoms with Crippen LogP contribution in [0, 0.1) is 24.2 Å². The summed E-state index contributed by atoms with van der Waals surface area (Å²) < 4.78 is 0. The first-order valence-electron chi connectivity index (χ1n) is 6.52. The number of nitrogens with one attached hydrogen (secondary N) is 1. The molecule has 0 aromatic carbocycles. The van der Waals surface area contributed by atoms with E-state index in [1.807, 2.05) is 13.0 Å². The van der Waals surface area contributed by atoms with Gasteiger partial charge in [0.05, 0.1) is 16.4 Å². The molecule has 0 radical (unpaired) electrons. The van der Waals surface area contributed by atoms with E-state index < -0.39 is 0 Å². The van der Waals surface area contributed by atoms with Crippen molar-refractivity contribution in [2.45, 2.75) is 33.1 Å². The lowest BCUT2D eigenvalue weighted by molar-refractivity contribution is 0.0950. The summed E-state index contributed by atoms with van der Waals surface area (Å²) in [6.07, 6.45) is 2.88. The second-order valence-electron chi connectivity index (χ2n) is 5.39. The average Bonchev–Trinajstić information content (AvgIpc) is 3.00. The molecular weight excluding hydrogens is 258 g/mol. The predicted octanol–water partition coefficient (Wildman–Crippen LogP) is 2.32. The standard InChI is InChI=1S/C15H19NO2S/c1-11-9-13(19-12(11)5-3-4-8-17)14(18)16-10-15(2)6-7-15/h9,17H,4,6-8,10H2,1-2H3,(H,16,18). The lowest BCUT2D eigenvalue weighted by Crippen LogP contribution is -2.28. The van der Waals surface area contributed by atoms with Crippen LogP contribution in [-0.4, -0.2) is 24.2 Å². The SMILES string of the molecule is Cc1cc(C(=O)NCC2(C)CC2)sc1C#CCCO. The third-order valence-corrected chi connectivity index (χ3v) is 4.51. The van der Waals surface area contributed by atoms with Crippen LogP contribution in [0.2, 0.25) is 0 Å².